The van der Waals surface area contributed by atoms with Gasteiger partial charge < -0.3 is 10.2 Å². The molecule has 136 valence electrons. The van der Waals surface area contributed by atoms with Gasteiger partial charge in [-0.05, 0) is 31.0 Å². The van der Waals surface area contributed by atoms with E-state index in [-0.39, 0.29) is 24.0 Å². The molecule has 0 bridgehead atoms. The van der Waals surface area contributed by atoms with Crippen LogP contribution in [-0.4, -0.2) is 46.5 Å². The third kappa shape index (κ3) is 5.23. The zero-order valence-electron chi connectivity index (χ0n) is 14.9. The van der Waals surface area contributed by atoms with Crippen LogP contribution >= 0.6 is 35.7 Å². The van der Waals surface area contributed by atoms with Crippen LogP contribution in [0.1, 0.15) is 25.8 Å². The lowest BCUT2D eigenvalue weighted by Crippen LogP contribution is -2.48. The van der Waals surface area contributed by atoms with Crippen LogP contribution in [0.25, 0.3) is 10.9 Å². The van der Waals surface area contributed by atoms with Crippen molar-refractivity contribution in [1.29, 1.82) is 0 Å². The van der Waals surface area contributed by atoms with Gasteiger partial charge in [-0.15, -0.1) is 24.0 Å². The average molecular weight is 470 g/mol. The van der Waals surface area contributed by atoms with Crippen molar-refractivity contribution in [2.75, 3.05) is 25.4 Å². The summed E-state index contributed by atoms with van der Waals surface area (Å²) in [6.45, 7) is 8.15. The molecule has 1 unspecified atom stereocenters. The molecule has 6 heteroatoms. The van der Waals surface area contributed by atoms with Crippen LogP contribution in [-0.2, 0) is 6.54 Å². The molecule has 1 aromatic carbocycles. The molecule has 1 aliphatic heterocycles. The maximum atomic E-state index is 4.92. The maximum Gasteiger partial charge on any atom is 0.194 e. The molecule has 2 aromatic rings. The summed E-state index contributed by atoms with van der Waals surface area (Å²) in [4.78, 5) is 11.8. The molecule has 25 heavy (non-hydrogen) atoms. The number of rotatable bonds is 4. The van der Waals surface area contributed by atoms with Gasteiger partial charge in [-0.2, -0.15) is 11.8 Å². The number of aromatic nitrogens is 1. The fourth-order valence-corrected chi connectivity index (χ4v) is 4.22. The van der Waals surface area contributed by atoms with Crippen LogP contribution in [0.5, 0.6) is 0 Å². The fourth-order valence-electron chi connectivity index (χ4n) is 3.04. The second-order valence-electron chi connectivity index (χ2n) is 6.00. The van der Waals surface area contributed by atoms with Gasteiger partial charge in [0.1, 0.15) is 0 Å². The summed E-state index contributed by atoms with van der Waals surface area (Å²) in [6.07, 6.45) is 3.10. The van der Waals surface area contributed by atoms with Gasteiger partial charge in [-0.3, -0.25) is 4.98 Å². The van der Waals surface area contributed by atoms with E-state index >= 15 is 0 Å². The number of halogens is 1. The van der Waals surface area contributed by atoms with E-state index in [2.05, 4.69) is 65.1 Å². The van der Waals surface area contributed by atoms with Gasteiger partial charge in [-0.25, -0.2) is 4.99 Å². The first kappa shape index (κ1) is 20.3. The van der Waals surface area contributed by atoms with E-state index in [0.717, 1.165) is 31.1 Å². The highest BCUT2D eigenvalue weighted by Gasteiger charge is 2.21. The first-order valence-corrected chi connectivity index (χ1v) is 9.84. The Labute approximate surface area is 171 Å². The number of benzene rings is 1. The molecule has 0 aliphatic carbocycles. The largest absolute Gasteiger partial charge is 0.357 e. The zero-order chi connectivity index (χ0) is 16.8. The quantitative estimate of drug-likeness (QED) is 0.414. The number of pyridine rings is 1. The molecule has 2 heterocycles. The Balaban J connectivity index is 0.00000225. The molecule has 0 radical (unpaired) electrons. The molecule has 0 saturated carbocycles. The second-order valence-corrected chi connectivity index (χ2v) is 7.41. The van der Waals surface area contributed by atoms with Crippen LogP contribution < -0.4 is 5.32 Å². The molecule has 1 aromatic heterocycles. The normalized spacial score (nSPS) is 18.1. The van der Waals surface area contributed by atoms with E-state index in [1.807, 2.05) is 12.3 Å². The number of hydrogen-bond acceptors (Lipinski definition) is 3. The third-order valence-corrected chi connectivity index (χ3v) is 5.74. The summed E-state index contributed by atoms with van der Waals surface area (Å²) in [6, 6.07) is 10.4. The third-order valence-electron chi connectivity index (χ3n) is 4.37. The Morgan fingerprint density at radius 2 is 2.16 bits per heavy atom. The van der Waals surface area contributed by atoms with Crippen LogP contribution in [0.3, 0.4) is 0 Å². The van der Waals surface area contributed by atoms with Crippen molar-refractivity contribution in [2.24, 2.45) is 4.99 Å². The van der Waals surface area contributed by atoms with Crippen LogP contribution in [0.2, 0.25) is 0 Å². The molecule has 0 spiro atoms. The van der Waals surface area contributed by atoms with Crippen molar-refractivity contribution in [3.63, 3.8) is 0 Å². The Hall–Kier alpha value is -1.02. The summed E-state index contributed by atoms with van der Waals surface area (Å²) in [5.41, 5.74) is 2.27. The highest BCUT2D eigenvalue weighted by molar-refractivity contribution is 14.0. The lowest BCUT2D eigenvalue weighted by atomic mass is 10.1. The summed E-state index contributed by atoms with van der Waals surface area (Å²) in [5.74, 6) is 2.22. The van der Waals surface area contributed by atoms with Gasteiger partial charge in [0, 0.05) is 42.2 Å². The maximum absolute atomic E-state index is 4.92. The van der Waals surface area contributed by atoms with Gasteiger partial charge in [0.25, 0.3) is 0 Å². The Bertz CT molecular complexity index is 701. The Morgan fingerprint density at radius 1 is 1.32 bits per heavy atom. The van der Waals surface area contributed by atoms with Gasteiger partial charge in [0.2, 0.25) is 0 Å². The number of nitrogens with zero attached hydrogens (tertiary/aromatic N) is 3. The number of guanidine groups is 1. The van der Waals surface area contributed by atoms with E-state index in [4.69, 9.17) is 4.99 Å². The highest BCUT2D eigenvalue weighted by Crippen LogP contribution is 2.21. The van der Waals surface area contributed by atoms with Crippen molar-refractivity contribution in [2.45, 2.75) is 32.1 Å². The molecular formula is C19H27IN4S. The van der Waals surface area contributed by atoms with E-state index in [1.165, 1.54) is 23.1 Å². The van der Waals surface area contributed by atoms with Crippen molar-refractivity contribution in [1.82, 2.24) is 15.2 Å². The second kappa shape index (κ2) is 10.2. The number of thioether (sulfide) groups is 1. The average Bonchev–Trinajstić information content (AvgIpc) is 2.65. The van der Waals surface area contributed by atoms with Gasteiger partial charge >= 0.3 is 0 Å². The molecule has 4 nitrogen and oxygen atoms in total. The number of nitrogens with one attached hydrogen (secondary N) is 1. The van der Waals surface area contributed by atoms with Gasteiger partial charge in [0.15, 0.2) is 5.96 Å². The fraction of sp³-hybridized carbons (Fsp3) is 0.474. The Morgan fingerprint density at radius 3 is 2.96 bits per heavy atom. The minimum Gasteiger partial charge on any atom is -0.357 e. The molecule has 0 amide bonds. The summed E-state index contributed by atoms with van der Waals surface area (Å²) < 4.78 is 0. The molecule has 1 N–H and O–H groups in total. The standard InChI is InChI=1S/C19H26N4S.HI/c1-3-16-14-23(11-12-24-16)19(20-4-2)22-13-15-9-10-21-18-8-6-5-7-17(15)18;/h5-10,16H,3-4,11-14H2,1-2H3,(H,20,22);1H. The monoisotopic (exact) mass is 470 g/mol. The van der Waals surface area contributed by atoms with E-state index < -0.39 is 0 Å². The molecule has 3 rings (SSSR count). The van der Waals surface area contributed by atoms with Crippen LogP contribution in [0, 0.1) is 0 Å². The van der Waals surface area contributed by atoms with Crippen molar-refractivity contribution < 1.29 is 0 Å². The predicted octanol–water partition coefficient (Wildman–Crippen LogP) is 4.15. The van der Waals surface area contributed by atoms with Crippen molar-refractivity contribution in [3.05, 3.63) is 42.1 Å². The van der Waals surface area contributed by atoms with Gasteiger partial charge in [-0.1, -0.05) is 25.1 Å². The summed E-state index contributed by atoms with van der Waals surface area (Å²) >= 11 is 2.09. The Kier molecular flexibility index (Phi) is 8.29. The molecule has 1 saturated heterocycles. The van der Waals surface area contributed by atoms with E-state index in [0.29, 0.717) is 11.8 Å². The summed E-state index contributed by atoms with van der Waals surface area (Å²) in [5, 5.41) is 5.37. The van der Waals surface area contributed by atoms with Gasteiger partial charge in [0.05, 0.1) is 12.1 Å². The number of aliphatic imine (C=N–C) groups is 1. The molecular weight excluding hydrogens is 443 g/mol. The van der Waals surface area contributed by atoms with Crippen molar-refractivity contribution >= 4 is 52.6 Å². The summed E-state index contributed by atoms with van der Waals surface area (Å²) in [7, 11) is 0. The lowest BCUT2D eigenvalue weighted by molar-refractivity contribution is 0.408. The number of fused-ring (bicyclic) bond motifs is 1. The first-order chi connectivity index (χ1) is 11.8. The minimum absolute atomic E-state index is 0. The SMILES string of the molecule is CCNC(=NCc1ccnc2ccccc12)N1CCSC(CC)C1.I. The number of para-hydroxylation sites is 1. The van der Waals surface area contributed by atoms with E-state index in [9.17, 15) is 0 Å². The van der Waals surface area contributed by atoms with Crippen molar-refractivity contribution in [3.8, 4) is 0 Å². The van der Waals surface area contributed by atoms with Crippen LogP contribution in [0.4, 0.5) is 0 Å². The zero-order valence-corrected chi connectivity index (χ0v) is 18.1. The molecule has 1 aliphatic rings. The molecule has 1 atom stereocenters. The predicted molar refractivity (Wildman–Crippen MR) is 120 cm³/mol. The topological polar surface area (TPSA) is 40.5 Å². The highest BCUT2D eigenvalue weighted by atomic mass is 127. The minimum atomic E-state index is 0. The van der Waals surface area contributed by atoms with Crippen LogP contribution in [0.15, 0.2) is 41.5 Å². The first-order valence-electron chi connectivity index (χ1n) is 8.79. The smallest absolute Gasteiger partial charge is 0.194 e. The lowest BCUT2D eigenvalue weighted by Gasteiger charge is -2.34. The number of hydrogen-bond donors (Lipinski definition) is 1. The van der Waals surface area contributed by atoms with E-state index in [1.54, 1.807) is 0 Å². The molecule has 1 fully saturated rings.